The van der Waals surface area contributed by atoms with Crippen molar-refractivity contribution in [2.45, 2.75) is 32.9 Å². The molecule has 0 unspecified atom stereocenters. The molecule has 0 amide bonds. The summed E-state index contributed by atoms with van der Waals surface area (Å²) in [6.07, 6.45) is 0.905. The number of fused-ring (bicyclic) bond motifs is 1. The minimum absolute atomic E-state index is 0.141. The molecule has 0 bridgehead atoms. The lowest BCUT2D eigenvalue weighted by atomic mass is 10.0. The van der Waals surface area contributed by atoms with E-state index in [1.54, 1.807) is 12.1 Å². The molecule has 130 valence electrons. The molecule has 3 nitrogen and oxygen atoms in total. The molecule has 25 heavy (non-hydrogen) atoms. The van der Waals surface area contributed by atoms with Gasteiger partial charge in [0.05, 0.1) is 5.02 Å². The van der Waals surface area contributed by atoms with E-state index in [1.807, 2.05) is 24.3 Å². The summed E-state index contributed by atoms with van der Waals surface area (Å²) in [5.41, 5.74) is 3.46. The van der Waals surface area contributed by atoms with Crippen LogP contribution < -0.4 is 10.9 Å². The van der Waals surface area contributed by atoms with Gasteiger partial charge >= 0.3 is 5.63 Å². The lowest BCUT2D eigenvalue weighted by Crippen LogP contribution is -2.83. The standard InChI is InChI=1S/C20H19Cl2NO2/c1-3-13-4-6-17-14(9-20(24)25-19(17)8-13)11-23-12(2)16-7-5-15(21)10-18(16)22/h4-10,12,23H,3,11H2,1-2H3/p+1/t12-/m0/s1. The van der Waals surface area contributed by atoms with Crippen molar-refractivity contribution in [3.05, 3.63) is 79.6 Å². The Balaban J connectivity index is 1.86. The summed E-state index contributed by atoms with van der Waals surface area (Å²) in [5.74, 6) is 0. The van der Waals surface area contributed by atoms with Crippen LogP contribution in [0.25, 0.3) is 11.0 Å². The Morgan fingerprint density at radius 2 is 1.92 bits per heavy atom. The van der Waals surface area contributed by atoms with E-state index in [9.17, 15) is 4.79 Å². The van der Waals surface area contributed by atoms with Gasteiger partial charge in [0.2, 0.25) is 0 Å². The molecule has 2 N–H and O–H groups in total. The van der Waals surface area contributed by atoms with Gasteiger partial charge in [-0.2, -0.15) is 0 Å². The van der Waals surface area contributed by atoms with Gasteiger partial charge < -0.3 is 9.73 Å². The summed E-state index contributed by atoms with van der Waals surface area (Å²) in [4.78, 5) is 11.9. The van der Waals surface area contributed by atoms with Crippen molar-refractivity contribution >= 4 is 34.2 Å². The SMILES string of the molecule is CCc1ccc2c(C[NH2+][C@@H](C)c3ccc(Cl)cc3Cl)cc(=O)oc2c1. The summed E-state index contributed by atoms with van der Waals surface area (Å²) < 4.78 is 5.36. The third kappa shape index (κ3) is 4.06. The molecular formula is C20H20Cl2NO2+. The average molecular weight is 377 g/mol. The van der Waals surface area contributed by atoms with E-state index < -0.39 is 0 Å². The Labute approximate surface area is 156 Å². The monoisotopic (exact) mass is 376 g/mol. The van der Waals surface area contributed by atoms with Gasteiger partial charge in [0.15, 0.2) is 0 Å². The second kappa shape index (κ2) is 7.61. The fourth-order valence-electron chi connectivity index (χ4n) is 2.96. The zero-order valence-electron chi connectivity index (χ0n) is 14.2. The van der Waals surface area contributed by atoms with Crippen molar-refractivity contribution in [3.8, 4) is 0 Å². The van der Waals surface area contributed by atoms with Crippen LogP contribution in [0.3, 0.4) is 0 Å². The number of hydrogen-bond acceptors (Lipinski definition) is 2. The van der Waals surface area contributed by atoms with Crippen LogP contribution in [0, 0.1) is 0 Å². The molecule has 3 rings (SSSR count). The van der Waals surface area contributed by atoms with Gasteiger partial charge in [0.1, 0.15) is 18.2 Å². The van der Waals surface area contributed by atoms with Gasteiger partial charge in [-0.1, -0.05) is 48.3 Å². The lowest BCUT2D eigenvalue weighted by Gasteiger charge is -2.14. The maximum atomic E-state index is 11.9. The quantitative estimate of drug-likeness (QED) is 0.666. The third-order valence-electron chi connectivity index (χ3n) is 4.45. The van der Waals surface area contributed by atoms with E-state index >= 15 is 0 Å². The van der Waals surface area contributed by atoms with E-state index in [4.69, 9.17) is 27.6 Å². The summed E-state index contributed by atoms with van der Waals surface area (Å²) in [6, 6.07) is 13.3. The first kappa shape index (κ1) is 18.0. The number of rotatable bonds is 5. The second-order valence-corrected chi connectivity index (χ2v) is 7.01. The highest BCUT2D eigenvalue weighted by molar-refractivity contribution is 6.35. The van der Waals surface area contributed by atoms with E-state index in [1.165, 1.54) is 0 Å². The Morgan fingerprint density at radius 3 is 2.64 bits per heavy atom. The topological polar surface area (TPSA) is 46.8 Å². The second-order valence-electron chi connectivity index (χ2n) is 6.17. The summed E-state index contributed by atoms with van der Waals surface area (Å²) >= 11 is 12.3. The minimum atomic E-state index is -0.318. The zero-order valence-corrected chi connectivity index (χ0v) is 15.7. The van der Waals surface area contributed by atoms with Crippen molar-refractivity contribution in [1.29, 1.82) is 0 Å². The van der Waals surface area contributed by atoms with Crippen LogP contribution in [0.5, 0.6) is 0 Å². The molecule has 0 spiro atoms. The average Bonchev–Trinajstić information content (AvgIpc) is 2.58. The molecule has 5 heteroatoms. The maximum Gasteiger partial charge on any atom is 0.336 e. The Hall–Kier alpha value is -1.81. The van der Waals surface area contributed by atoms with Gasteiger partial charge in [0, 0.05) is 27.6 Å². The molecule has 3 aromatic rings. The van der Waals surface area contributed by atoms with Gasteiger partial charge in [-0.15, -0.1) is 0 Å². The van der Waals surface area contributed by atoms with Crippen LogP contribution in [0.15, 0.2) is 51.7 Å². The zero-order chi connectivity index (χ0) is 18.0. The smallest absolute Gasteiger partial charge is 0.336 e. The number of halogens is 2. The highest BCUT2D eigenvalue weighted by Gasteiger charge is 2.15. The lowest BCUT2D eigenvalue weighted by molar-refractivity contribution is -0.707. The molecule has 0 aliphatic rings. The maximum absolute atomic E-state index is 11.9. The van der Waals surface area contributed by atoms with E-state index in [0.717, 1.165) is 28.5 Å². The first-order chi connectivity index (χ1) is 12.0. The number of aryl methyl sites for hydroxylation is 1. The fourth-order valence-corrected chi connectivity index (χ4v) is 3.55. The summed E-state index contributed by atoms with van der Waals surface area (Å²) in [6.45, 7) is 4.82. The molecule has 0 aliphatic heterocycles. The van der Waals surface area contributed by atoms with Gasteiger partial charge in [-0.25, -0.2) is 4.79 Å². The van der Waals surface area contributed by atoms with Crippen molar-refractivity contribution in [2.24, 2.45) is 0 Å². The largest absolute Gasteiger partial charge is 0.423 e. The van der Waals surface area contributed by atoms with Crippen molar-refractivity contribution in [3.63, 3.8) is 0 Å². The van der Waals surface area contributed by atoms with Crippen molar-refractivity contribution < 1.29 is 9.73 Å². The first-order valence-electron chi connectivity index (χ1n) is 8.32. The number of quaternary nitrogens is 1. The molecule has 2 aromatic carbocycles. The van der Waals surface area contributed by atoms with Crippen LogP contribution >= 0.6 is 23.2 Å². The summed E-state index contributed by atoms with van der Waals surface area (Å²) in [7, 11) is 0. The van der Waals surface area contributed by atoms with Crippen LogP contribution in [0.1, 0.15) is 36.6 Å². The van der Waals surface area contributed by atoms with Crippen LogP contribution in [-0.2, 0) is 13.0 Å². The molecule has 1 atom stereocenters. The minimum Gasteiger partial charge on any atom is -0.423 e. The Kier molecular flexibility index (Phi) is 5.48. The van der Waals surface area contributed by atoms with Gasteiger partial charge in [-0.05, 0) is 37.1 Å². The molecule has 0 saturated heterocycles. The Morgan fingerprint density at radius 1 is 1.12 bits per heavy atom. The van der Waals surface area contributed by atoms with Crippen LogP contribution in [-0.4, -0.2) is 0 Å². The number of nitrogens with two attached hydrogens (primary N) is 1. The van der Waals surface area contributed by atoms with Crippen LogP contribution in [0.4, 0.5) is 0 Å². The van der Waals surface area contributed by atoms with Crippen LogP contribution in [0.2, 0.25) is 10.0 Å². The van der Waals surface area contributed by atoms with E-state index in [2.05, 4.69) is 25.2 Å². The third-order valence-corrected chi connectivity index (χ3v) is 5.01. The van der Waals surface area contributed by atoms with Gasteiger partial charge in [-0.3, -0.25) is 0 Å². The van der Waals surface area contributed by atoms with Crippen molar-refractivity contribution in [2.75, 3.05) is 0 Å². The van der Waals surface area contributed by atoms with E-state index in [0.29, 0.717) is 22.2 Å². The molecule has 1 heterocycles. The first-order valence-corrected chi connectivity index (χ1v) is 9.07. The van der Waals surface area contributed by atoms with Crippen molar-refractivity contribution in [1.82, 2.24) is 0 Å². The Bertz CT molecular complexity index is 966. The molecule has 1 aromatic heterocycles. The molecule has 0 saturated carbocycles. The normalized spacial score (nSPS) is 12.5. The number of benzene rings is 2. The highest BCUT2D eigenvalue weighted by Crippen LogP contribution is 2.24. The molecular weight excluding hydrogens is 357 g/mol. The number of hydrogen-bond donors (Lipinski definition) is 1. The molecule has 0 aliphatic carbocycles. The predicted molar refractivity (Wildman–Crippen MR) is 102 cm³/mol. The molecule has 0 fully saturated rings. The van der Waals surface area contributed by atoms with E-state index in [-0.39, 0.29) is 11.7 Å². The summed E-state index contributed by atoms with van der Waals surface area (Å²) in [5, 5.41) is 4.40. The fraction of sp³-hybridized carbons (Fsp3) is 0.250. The highest BCUT2D eigenvalue weighted by atomic mass is 35.5. The predicted octanol–water partition coefficient (Wildman–Crippen LogP) is 4.49. The van der Waals surface area contributed by atoms with Gasteiger partial charge in [0.25, 0.3) is 0 Å². The molecule has 0 radical (unpaired) electrons.